The molecule has 2 N–H and O–H groups in total. The Morgan fingerprint density at radius 2 is 1.55 bits per heavy atom. The Labute approximate surface area is 182 Å². The molecule has 0 saturated carbocycles. The zero-order valence-electron chi connectivity index (χ0n) is 17.3. The molecule has 2 aromatic carbocycles. The molecule has 162 valence electrons. The lowest BCUT2D eigenvalue weighted by molar-refractivity contribution is -0.125. The molecule has 0 saturated heterocycles. The van der Waals surface area contributed by atoms with Crippen molar-refractivity contribution in [3.63, 3.8) is 0 Å². The van der Waals surface area contributed by atoms with Crippen LogP contribution >= 0.6 is 0 Å². The van der Waals surface area contributed by atoms with E-state index in [4.69, 9.17) is 5.21 Å². The predicted molar refractivity (Wildman–Crippen MR) is 119 cm³/mol. The first-order valence-corrected chi connectivity index (χ1v) is 11.5. The van der Waals surface area contributed by atoms with Gasteiger partial charge in [-0.05, 0) is 47.9 Å². The van der Waals surface area contributed by atoms with Gasteiger partial charge in [0.15, 0.2) is 0 Å². The molecule has 0 bridgehead atoms. The van der Waals surface area contributed by atoms with E-state index in [2.05, 4.69) is 42.3 Å². The summed E-state index contributed by atoms with van der Waals surface area (Å²) in [5.74, 6) is -0.687. The van der Waals surface area contributed by atoms with Gasteiger partial charge in [0.05, 0.1) is 4.90 Å². The number of rotatable bonds is 5. The highest BCUT2D eigenvalue weighted by Crippen LogP contribution is 2.28. The summed E-state index contributed by atoms with van der Waals surface area (Å²) in [6, 6.07) is 15.1. The lowest BCUT2D eigenvalue weighted by Gasteiger charge is -2.22. The minimum Gasteiger partial charge on any atom is -0.302 e. The number of carbonyl (C=O) groups excluding carboxylic acids is 1. The van der Waals surface area contributed by atoms with E-state index in [1.165, 1.54) is 27.0 Å². The van der Waals surface area contributed by atoms with Crippen LogP contribution in [-0.4, -0.2) is 62.0 Å². The van der Waals surface area contributed by atoms with Crippen LogP contribution in [-0.2, 0) is 14.8 Å². The molecule has 31 heavy (non-hydrogen) atoms. The van der Waals surface area contributed by atoms with E-state index >= 15 is 0 Å². The van der Waals surface area contributed by atoms with Gasteiger partial charge in [0.25, 0.3) is 5.91 Å². The van der Waals surface area contributed by atoms with Gasteiger partial charge >= 0.3 is 0 Å². The van der Waals surface area contributed by atoms with Crippen LogP contribution in [0.2, 0.25) is 0 Å². The number of hydrogen-bond donors (Lipinski definition) is 2. The number of sulfonamides is 1. The highest BCUT2D eigenvalue weighted by molar-refractivity contribution is 7.89. The standard InChI is InChI=1S/C23H25N3O4S/c1-25-13-10-20(11-14-25)18-4-2-17(3-5-18)19-6-8-22(9-7-19)31(29,30)26-15-12-21(16-26)23(27)24-28/h2-10,12,28H,11,13-16H2,1H3,(H,24,27). The number of benzene rings is 2. The van der Waals surface area contributed by atoms with Crippen LogP contribution in [0.15, 0.2) is 71.2 Å². The first-order valence-electron chi connectivity index (χ1n) is 10.1. The lowest BCUT2D eigenvalue weighted by atomic mass is 9.97. The van der Waals surface area contributed by atoms with Gasteiger partial charge in [-0.2, -0.15) is 4.31 Å². The molecule has 0 unspecified atom stereocenters. The average Bonchev–Trinajstić information content (AvgIpc) is 3.31. The SMILES string of the molecule is CN1CC=C(c2ccc(-c3ccc(S(=O)(=O)N4CC=C(C(=O)NO)C4)cc3)cc2)CC1. The van der Waals surface area contributed by atoms with Gasteiger partial charge in [-0.15, -0.1) is 0 Å². The summed E-state index contributed by atoms with van der Waals surface area (Å²) in [5.41, 5.74) is 6.30. The maximum Gasteiger partial charge on any atom is 0.271 e. The molecule has 1 amide bonds. The molecule has 0 spiro atoms. The molecular weight excluding hydrogens is 414 g/mol. The molecule has 2 aliphatic heterocycles. The van der Waals surface area contributed by atoms with E-state index in [9.17, 15) is 13.2 Å². The van der Waals surface area contributed by atoms with Crippen molar-refractivity contribution in [2.24, 2.45) is 0 Å². The molecule has 4 rings (SSSR count). The maximum atomic E-state index is 12.9. The van der Waals surface area contributed by atoms with Gasteiger partial charge in [-0.1, -0.05) is 48.6 Å². The molecule has 2 heterocycles. The number of likely N-dealkylation sites (N-methyl/N-ethyl adjacent to an activating group) is 1. The summed E-state index contributed by atoms with van der Waals surface area (Å²) in [6.07, 6.45) is 4.80. The minimum absolute atomic E-state index is 0.0659. The third-order valence-corrected chi connectivity index (χ3v) is 7.60. The van der Waals surface area contributed by atoms with Crippen LogP contribution in [0, 0.1) is 0 Å². The summed E-state index contributed by atoms with van der Waals surface area (Å²) < 4.78 is 26.9. The molecule has 2 aromatic rings. The number of carbonyl (C=O) groups is 1. The normalized spacial score (nSPS) is 17.9. The molecule has 0 atom stereocenters. The molecule has 0 aromatic heterocycles. The summed E-state index contributed by atoms with van der Waals surface area (Å²) in [5, 5.41) is 8.73. The van der Waals surface area contributed by atoms with Crippen LogP contribution in [0.5, 0.6) is 0 Å². The topological polar surface area (TPSA) is 90.0 Å². The second-order valence-electron chi connectivity index (χ2n) is 7.81. The summed E-state index contributed by atoms with van der Waals surface area (Å²) in [4.78, 5) is 14.0. The molecule has 7 nitrogen and oxygen atoms in total. The third-order valence-electron chi connectivity index (χ3n) is 5.77. The largest absolute Gasteiger partial charge is 0.302 e. The molecule has 0 radical (unpaired) electrons. The van der Waals surface area contributed by atoms with E-state index in [0.29, 0.717) is 0 Å². The number of hydroxylamine groups is 1. The van der Waals surface area contributed by atoms with Gasteiger partial charge in [0, 0.05) is 31.8 Å². The van der Waals surface area contributed by atoms with E-state index in [1.807, 2.05) is 0 Å². The number of hydrogen-bond acceptors (Lipinski definition) is 5. The highest BCUT2D eigenvalue weighted by atomic mass is 32.2. The van der Waals surface area contributed by atoms with Crippen LogP contribution in [0.1, 0.15) is 12.0 Å². The molecular formula is C23H25N3O4S. The first kappa shape index (κ1) is 21.5. The highest BCUT2D eigenvalue weighted by Gasteiger charge is 2.30. The van der Waals surface area contributed by atoms with Crippen molar-refractivity contribution >= 4 is 21.5 Å². The van der Waals surface area contributed by atoms with Gasteiger partial charge in [0.2, 0.25) is 10.0 Å². The van der Waals surface area contributed by atoms with Crippen LogP contribution in [0.4, 0.5) is 0 Å². The Morgan fingerprint density at radius 1 is 0.935 bits per heavy atom. The van der Waals surface area contributed by atoms with Crippen molar-refractivity contribution in [3.05, 3.63) is 71.8 Å². The van der Waals surface area contributed by atoms with Crippen molar-refractivity contribution in [1.29, 1.82) is 0 Å². The Bertz CT molecular complexity index is 1140. The summed E-state index contributed by atoms with van der Waals surface area (Å²) >= 11 is 0. The number of amides is 1. The Morgan fingerprint density at radius 3 is 2.13 bits per heavy atom. The maximum absolute atomic E-state index is 12.9. The van der Waals surface area contributed by atoms with Crippen molar-refractivity contribution in [2.75, 3.05) is 33.2 Å². The van der Waals surface area contributed by atoms with Crippen molar-refractivity contribution in [1.82, 2.24) is 14.7 Å². The fraction of sp³-hybridized carbons (Fsp3) is 0.261. The van der Waals surface area contributed by atoms with E-state index < -0.39 is 15.9 Å². The van der Waals surface area contributed by atoms with E-state index in [1.54, 1.807) is 24.3 Å². The lowest BCUT2D eigenvalue weighted by Crippen LogP contribution is -2.31. The van der Waals surface area contributed by atoms with Gasteiger partial charge in [-0.3, -0.25) is 10.0 Å². The first-order chi connectivity index (χ1) is 14.9. The fourth-order valence-electron chi connectivity index (χ4n) is 3.83. The predicted octanol–water partition coefficient (Wildman–Crippen LogP) is 2.51. The van der Waals surface area contributed by atoms with Gasteiger partial charge < -0.3 is 4.90 Å². The average molecular weight is 440 g/mol. The second kappa shape index (κ2) is 8.76. The Balaban J connectivity index is 1.48. The molecule has 0 aliphatic carbocycles. The van der Waals surface area contributed by atoms with Crippen LogP contribution in [0.3, 0.4) is 0 Å². The zero-order valence-corrected chi connectivity index (χ0v) is 18.1. The molecule has 2 aliphatic rings. The zero-order chi connectivity index (χ0) is 22.0. The summed E-state index contributed by atoms with van der Waals surface area (Å²) in [6.45, 7) is 2.05. The van der Waals surface area contributed by atoms with Crippen LogP contribution < -0.4 is 5.48 Å². The quantitative estimate of drug-likeness (QED) is 0.552. The smallest absolute Gasteiger partial charge is 0.271 e. The van der Waals surface area contributed by atoms with Gasteiger partial charge in [-0.25, -0.2) is 13.9 Å². The van der Waals surface area contributed by atoms with Crippen molar-refractivity contribution in [2.45, 2.75) is 11.3 Å². The summed E-state index contributed by atoms with van der Waals surface area (Å²) in [7, 11) is -1.61. The van der Waals surface area contributed by atoms with Gasteiger partial charge in [0.1, 0.15) is 0 Å². The molecule has 0 fully saturated rings. The second-order valence-corrected chi connectivity index (χ2v) is 9.75. The molecule has 8 heteroatoms. The van der Waals surface area contributed by atoms with Crippen molar-refractivity contribution < 1.29 is 18.4 Å². The van der Waals surface area contributed by atoms with E-state index in [0.717, 1.165) is 30.6 Å². The van der Waals surface area contributed by atoms with E-state index in [-0.39, 0.29) is 23.6 Å². The fourth-order valence-corrected chi connectivity index (χ4v) is 5.19. The minimum atomic E-state index is -3.73. The number of nitrogens with zero attached hydrogens (tertiary/aromatic N) is 2. The van der Waals surface area contributed by atoms with Crippen molar-refractivity contribution in [3.8, 4) is 11.1 Å². The van der Waals surface area contributed by atoms with Crippen LogP contribution in [0.25, 0.3) is 16.7 Å². The third kappa shape index (κ3) is 4.47. The Kier molecular flexibility index (Phi) is 6.06. The Hall–Kier alpha value is -2.78. The number of nitrogens with one attached hydrogen (secondary N) is 1. The monoisotopic (exact) mass is 439 g/mol.